The zero-order valence-electron chi connectivity index (χ0n) is 13.9. The van der Waals surface area contributed by atoms with Crippen LogP contribution in [-0.2, 0) is 9.47 Å². The van der Waals surface area contributed by atoms with E-state index in [-0.39, 0.29) is 13.0 Å². The van der Waals surface area contributed by atoms with Crippen molar-refractivity contribution in [2.75, 3.05) is 13.2 Å². The average molecular weight is 464 g/mol. The van der Waals surface area contributed by atoms with Crippen LogP contribution in [0.3, 0.4) is 0 Å². The zero-order chi connectivity index (χ0) is 23.1. The summed E-state index contributed by atoms with van der Waals surface area (Å²) in [5.74, 6) is -36.9. The van der Waals surface area contributed by atoms with E-state index < -0.39 is 67.6 Å². The summed E-state index contributed by atoms with van der Waals surface area (Å²) >= 11 is 0. The van der Waals surface area contributed by atoms with Gasteiger partial charge in [-0.1, -0.05) is 0 Å². The van der Waals surface area contributed by atoms with Gasteiger partial charge in [-0.3, -0.25) is 0 Å². The summed E-state index contributed by atoms with van der Waals surface area (Å²) in [6.45, 7) is -0.775. The first kappa shape index (κ1) is 26.0. The van der Waals surface area contributed by atoms with Gasteiger partial charge in [0.15, 0.2) is 6.29 Å². The van der Waals surface area contributed by atoms with Crippen LogP contribution in [0, 0.1) is 0 Å². The minimum absolute atomic E-state index is 0.0835. The molecule has 174 valence electrons. The summed E-state index contributed by atoms with van der Waals surface area (Å²) in [4.78, 5) is 0. The molecule has 16 heteroatoms. The molecule has 1 N–H and O–H groups in total. The molecule has 0 spiro atoms. The van der Waals surface area contributed by atoms with E-state index in [9.17, 15) is 57.1 Å². The quantitative estimate of drug-likeness (QED) is 0.506. The second-order valence-corrected chi connectivity index (χ2v) is 6.07. The van der Waals surface area contributed by atoms with E-state index >= 15 is 0 Å². The van der Waals surface area contributed by atoms with E-state index in [0.717, 1.165) is 0 Å². The number of ether oxygens (including phenoxy) is 2. The summed E-state index contributed by atoms with van der Waals surface area (Å²) in [5, 5.41) is 8.62. The SMILES string of the molecule is OCCC1COC(CCC(F)(F)C(F)(F)C(F)(F)C(F)(F)C(F)(F)C(F)(F)F)O1. The molecule has 0 saturated carbocycles. The van der Waals surface area contributed by atoms with Gasteiger partial charge in [0, 0.05) is 19.4 Å². The number of hydrogen-bond acceptors (Lipinski definition) is 3. The lowest BCUT2D eigenvalue weighted by molar-refractivity contribution is -0.440. The third-order valence-corrected chi connectivity index (χ3v) is 3.96. The highest BCUT2D eigenvalue weighted by molar-refractivity contribution is 5.10. The molecule has 1 aliphatic rings. The van der Waals surface area contributed by atoms with Crippen molar-refractivity contribution in [3.05, 3.63) is 0 Å². The number of aliphatic hydroxyl groups excluding tert-OH is 1. The van der Waals surface area contributed by atoms with E-state index in [1.807, 2.05) is 0 Å². The standard InChI is InChI=1S/C13H13F13O3/c14-8(15,3-1-7-28-5-6(29-7)2-4-27)9(16,17)10(18,19)11(20,21)12(22,23)13(24,25)26/h6-7,27H,1-5H2. The molecule has 0 aromatic heterocycles. The second kappa shape index (κ2) is 7.90. The predicted molar refractivity (Wildman–Crippen MR) is 66.3 cm³/mol. The summed E-state index contributed by atoms with van der Waals surface area (Å²) in [6.07, 6.45) is -13.8. The molecular formula is C13H13F13O3. The van der Waals surface area contributed by atoms with E-state index in [2.05, 4.69) is 4.74 Å². The Labute approximate surface area is 153 Å². The van der Waals surface area contributed by atoms with Crippen LogP contribution in [-0.4, -0.2) is 66.5 Å². The van der Waals surface area contributed by atoms with Crippen LogP contribution in [0.15, 0.2) is 0 Å². The Morgan fingerprint density at radius 2 is 1.17 bits per heavy atom. The third-order valence-electron chi connectivity index (χ3n) is 3.96. The van der Waals surface area contributed by atoms with E-state index in [4.69, 9.17) is 9.84 Å². The Bertz CT molecular complexity index is 561. The molecule has 2 unspecified atom stereocenters. The van der Waals surface area contributed by atoms with Gasteiger partial charge in [0.25, 0.3) is 0 Å². The van der Waals surface area contributed by atoms with Crippen molar-refractivity contribution >= 4 is 0 Å². The lowest BCUT2D eigenvalue weighted by Gasteiger charge is -2.39. The van der Waals surface area contributed by atoms with Gasteiger partial charge in [0.1, 0.15) is 0 Å². The summed E-state index contributed by atoms with van der Waals surface area (Å²) in [5.41, 5.74) is 0. The summed E-state index contributed by atoms with van der Waals surface area (Å²) < 4.78 is 178. The molecule has 29 heavy (non-hydrogen) atoms. The van der Waals surface area contributed by atoms with Crippen molar-refractivity contribution in [1.82, 2.24) is 0 Å². The lowest BCUT2D eigenvalue weighted by atomic mass is 9.92. The van der Waals surface area contributed by atoms with Gasteiger partial charge in [-0.25, -0.2) is 0 Å². The van der Waals surface area contributed by atoms with Gasteiger partial charge in [-0.2, -0.15) is 57.1 Å². The molecule has 0 radical (unpaired) electrons. The predicted octanol–water partition coefficient (Wildman–Crippen LogP) is 4.63. The molecule has 1 saturated heterocycles. The lowest BCUT2D eigenvalue weighted by Crippen LogP contribution is -2.70. The minimum Gasteiger partial charge on any atom is -0.396 e. The molecule has 1 heterocycles. The number of rotatable bonds is 9. The molecule has 1 fully saturated rings. The number of hydrogen-bond donors (Lipinski definition) is 1. The van der Waals surface area contributed by atoms with Crippen molar-refractivity contribution in [1.29, 1.82) is 0 Å². The number of alkyl halides is 13. The molecule has 3 nitrogen and oxygen atoms in total. The van der Waals surface area contributed by atoms with Gasteiger partial charge >= 0.3 is 35.8 Å². The van der Waals surface area contributed by atoms with E-state index in [1.165, 1.54) is 0 Å². The maximum atomic E-state index is 13.6. The monoisotopic (exact) mass is 464 g/mol. The normalized spacial score (nSPS) is 23.0. The van der Waals surface area contributed by atoms with Crippen molar-refractivity contribution in [2.24, 2.45) is 0 Å². The molecule has 0 aliphatic carbocycles. The van der Waals surface area contributed by atoms with E-state index in [0.29, 0.717) is 0 Å². The van der Waals surface area contributed by atoms with Crippen molar-refractivity contribution in [3.8, 4) is 0 Å². The minimum atomic E-state index is -7.91. The Morgan fingerprint density at radius 1 is 0.690 bits per heavy atom. The van der Waals surface area contributed by atoms with Crippen LogP contribution >= 0.6 is 0 Å². The third kappa shape index (κ3) is 4.38. The Balaban J connectivity index is 3.04. The Kier molecular flexibility index (Phi) is 7.09. The van der Waals surface area contributed by atoms with Crippen LogP contribution < -0.4 is 0 Å². The Hall–Kier alpha value is -1.03. The highest BCUT2D eigenvalue weighted by Gasteiger charge is 2.90. The van der Waals surface area contributed by atoms with Gasteiger partial charge in [0.2, 0.25) is 0 Å². The molecular weight excluding hydrogens is 451 g/mol. The summed E-state index contributed by atoms with van der Waals surface area (Å²) in [6, 6.07) is 0. The van der Waals surface area contributed by atoms with E-state index in [1.54, 1.807) is 0 Å². The first-order valence-electron chi connectivity index (χ1n) is 7.60. The van der Waals surface area contributed by atoms with Crippen LogP contribution in [0.4, 0.5) is 57.1 Å². The number of halogens is 13. The van der Waals surface area contributed by atoms with Gasteiger partial charge in [-0.05, 0) is 6.42 Å². The topological polar surface area (TPSA) is 38.7 Å². The van der Waals surface area contributed by atoms with Crippen LogP contribution in [0.1, 0.15) is 19.3 Å². The van der Waals surface area contributed by atoms with Crippen LogP contribution in [0.25, 0.3) is 0 Å². The fourth-order valence-electron chi connectivity index (χ4n) is 2.21. The first-order valence-corrected chi connectivity index (χ1v) is 7.60. The van der Waals surface area contributed by atoms with Crippen molar-refractivity contribution in [3.63, 3.8) is 0 Å². The highest BCUT2D eigenvalue weighted by atomic mass is 19.4. The fraction of sp³-hybridized carbons (Fsp3) is 1.00. The van der Waals surface area contributed by atoms with Gasteiger partial charge < -0.3 is 14.6 Å². The maximum absolute atomic E-state index is 13.6. The molecule has 1 aliphatic heterocycles. The highest BCUT2D eigenvalue weighted by Crippen LogP contribution is 2.60. The average Bonchev–Trinajstić information content (AvgIpc) is 2.99. The molecule has 0 aromatic carbocycles. The molecule has 2 atom stereocenters. The number of aliphatic hydroxyl groups is 1. The molecule has 0 aromatic rings. The molecule has 0 amide bonds. The van der Waals surface area contributed by atoms with Crippen molar-refractivity contribution in [2.45, 2.75) is 67.4 Å². The maximum Gasteiger partial charge on any atom is 0.460 e. The van der Waals surface area contributed by atoms with Gasteiger partial charge in [-0.15, -0.1) is 0 Å². The fourth-order valence-corrected chi connectivity index (χ4v) is 2.21. The first-order chi connectivity index (χ1) is 12.8. The van der Waals surface area contributed by atoms with Crippen LogP contribution in [0.5, 0.6) is 0 Å². The molecule has 1 rings (SSSR count). The van der Waals surface area contributed by atoms with Gasteiger partial charge in [0.05, 0.1) is 12.7 Å². The van der Waals surface area contributed by atoms with Crippen molar-refractivity contribution < 1.29 is 71.7 Å². The summed E-state index contributed by atoms with van der Waals surface area (Å²) in [7, 11) is 0. The largest absolute Gasteiger partial charge is 0.460 e. The Morgan fingerprint density at radius 3 is 1.62 bits per heavy atom. The molecule has 0 bridgehead atoms. The van der Waals surface area contributed by atoms with Crippen LogP contribution in [0.2, 0.25) is 0 Å². The zero-order valence-corrected chi connectivity index (χ0v) is 13.9. The second-order valence-electron chi connectivity index (χ2n) is 6.07. The smallest absolute Gasteiger partial charge is 0.396 e.